The molecule has 0 bridgehead atoms. The SMILES string of the molecule is COC(=O)O[C@H]1C=C[C@@H](N2C(=O)O[C@@H](c3ccccc3)[C@H]2c2ccccc2)[C@]1(C)OC. The van der Waals surface area contributed by atoms with Crippen LogP contribution in [-0.4, -0.2) is 49.1 Å². The van der Waals surface area contributed by atoms with Crippen LogP contribution in [0.3, 0.4) is 0 Å². The molecule has 162 valence electrons. The van der Waals surface area contributed by atoms with E-state index in [-0.39, 0.29) is 0 Å². The van der Waals surface area contributed by atoms with Crippen LogP contribution in [0.15, 0.2) is 72.8 Å². The van der Waals surface area contributed by atoms with Gasteiger partial charge in [-0.2, -0.15) is 0 Å². The fraction of sp³-hybridized carbons (Fsp3) is 0.333. The van der Waals surface area contributed by atoms with Gasteiger partial charge >= 0.3 is 12.2 Å². The molecule has 0 saturated carbocycles. The van der Waals surface area contributed by atoms with Gasteiger partial charge in [-0.1, -0.05) is 66.7 Å². The van der Waals surface area contributed by atoms with Gasteiger partial charge in [0.25, 0.3) is 0 Å². The van der Waals surface area contributed by atoms with Crippen molar-refractivity contribution in [1.82, 2.24) is 4.90 Å². The summed E-state index contributed by atoms with van der Waals surface area (Å²) in [5.41, 5.74) is 0.813. The quantitative estimate of drug-likeness (QED) is 0.524. The normalized spacial score (nSPS) is 29.6. The smallest absolute Gasteiger partial charge is 0.439 e. The number of methoxy groups -OCH3 is 2. The zero-order valence-corrected chi connectivity index (χ0v) is 17.6. The number of amides is 1. The summed E-state index contributed by atoms with van der Waals surface area (Å²) >= 11 is 0. The van der Waals surface area contributed by atoms with E-state index in [1.54, 1.807) is 17.9 Å². The van der Waals surface area contributed by atoms with Crippen LogP contribution >= 0.6 is 0 Å². The average Bonchev–Trinajstić information content (AvgIpc) is 3.31. The van der Waals surface area contributed by atoms with E-state index in [0.717, 1.165) is 11.1 Å². The van der Waals surface area contributed by atoms with Crippen molar-refractivity contribution in [1.29, 1.82) is 0 Å². The second-order valence-electron chi connectivity index (χ2n) is 7.69. The summed E-state index contributed by atoms with van der Waals surface area (Å²) in [5, 5.41) is 0. The maximum atomic E-state index is 13.2. The molecule has 1 aliphatic carbocycles. The van der Waals surface area contributed by atoms with Crippen molar-refractivity contribution in [2.45, 2.75) is 36.8 Å². The Labute approximate surface area is 181 Å². The van der Waals surface area contributed by atoms with Crippen LogP contribution in [0.4, 0.5) is 9.59 Å². The number of benzene rings is 2. The van der Waals surface area contributed by atoms with Crippen molar-refractivity contribution < 1.29 is 28.5 Å². The summed E-state index contributed by atoms with van der Waals surface area (Å²) in [4.78, 5) is 26.6. The molecule has 1 aliphatic heterocycles. The Bertz CT molecular complexity index is 963. The molecule has 2 aromatic carbocycles. The summed E-state index contributed by atoms with van der Waals surface area (Å²) < 4.78 is 21.7. The van der Waals surface area contributed by atoms with E-state index < -0.39 is 42.1 Å². The highest BCUT2D eigenvalue weighted by molar-refractivity contribution is 5.73. The molecule has 1 fully saturated rings. The first-order chi connectivity index (χ1) is 15.0. The van der Waals surface area contributed by atoms with Gasteiger partial charge in [0.15, 0.2) is 12.2 Å². The maximum absolute atomic E-state index is 13.2. The molecule has 2 aliphatic rings. The average molecular weight is 423 g/mol. The molecule has 0 N–H and O–H groups in total. The second kappa shape index (κ2) is 8.43. The lowest BCUT2D eigenvalue weighted by Gasteiger charge is -2.40. The molecule has 0 aromatic heterocycles. The Hall–Kier alpha value is -3.32. The van der Waals surface area contributed by atoms with Gasteiger partial charge < -0.3 is 18.9 Å². The number of rotatable bonds is 5. The van der Waals surface area contributed by atoms with Crippen LogP contribution in [-0.2, 0) is 18.9 Å². The standard InChI is InChI=1S/C24H25NO6/c1-24(29-3)18(14-15-19(24)30-23(27)28-2)25-20(16-10-6-4-7-11-16)21(31-22(25)26)17-12-8-5-9-13-17/h4-15,18-21H,1-3H3/t18-,19+,20-,21+,24+/m1/s1. The minimum absolute atomic E-state index is 0.392. The minimum atomic E-state index is -1.02. The summed E-state index contributed by atoms with van der Waals surface area (Å²) in [6, 6.07) is 18.5. The predicted octanol–water partition coefficient (Wildman–Crippen LogP) is 4.42. The minimum Gasteiger partial charge on any atom is -0.439 e. The van der Waals surface area contributed by atoms with Crippen molar-refractivity contribution in [3.05, 3.63) is 83.9 Å². The maximum Gasteiger partial charge on any atom is 0.508 e. The lowest BCUT2D eigenvalue weighted by Crippen LogP contribution is -2.55. The Morgan fingerprint density at radius 3 is 2.16 bits per heavy atom. The molecule has 0 radical (unpaired) electrons. The van der Waals surface area contributed by atoms with Gasteiger partial charge in [-0.3, -0.25) is 4.90 Å². The highest BCUT2D eigenvalue weighted by Crippen LogP contribution is 2.48. The Balaban J connectivity index is 1.74. The summed E-state index contributed by atoms with van der Waals surface area (Å²) in [6.07, 6.45) is 1.04. The monoisotopic (exact) mass is 423 g/mol. The zero-order valence-electron chi connectivity index (χ0n) is 17.6. The molecule has 0 unspecified atom stereocenters. The van der Waals surface area contributed by atoms with Gasteiger partial charge in [-0.25, -0.2) is 9.59 Å². The van der Waals surface area contributed by atoms with Crippen LogP contribution < -0.4 is 0 Å². The first-order valence-corrected chi connectivity index (χ1v) is 10.1. The highest BCUT2D eigenvalue weighted by atomic mass is 16.7. The second-order valence-corrected chi connectivity index (χ2v) is 7.69. The Morgan fingerprint density at radius 2 is 1.58 bits per heavy atom. The summed E-state index contributed by atoms with van der Waals surface area (Å²) in [6.45, 7) is 1.80. The van der Waals surface area contributed by atoms with Gasteiger partial charge in [0.05, 0.1) is 13.2 Å². The first-order valence-electron chi connectivity index (χ1n) is 10.1. The molecule has 0 spiro atoms. The van der Waals surface area contributed by atoms with Crippen molar-refractivity contribution in [2.24, 2.45) is 0 Å². The number of ether oxygens (including phenoxy) is 4. The Kier molecular flexibility index (Phi) is 5.69. The fourth-order valence-electron chi connectivity index (χ4n) is 4.33. The van der Waals surface area contributed by atoms with Gasteiger partial charge in [0, 0.05) is 7.11 Å². The van der Waals surface area contributed by atoms with E-state index in [4.69, 9.17) is 14.2 Å². The Morgan fingerprint density at radius 1 is 0.968 bits per heavy atom. The van der Waals surface area contributed by atoms with E-state index in [1.165, 1.54) is 14.2 Å². The molecular weight excluding hydrogens is 398 g/mol. The number of carbonyl (C=O) groups is 2. The van der Waals surface area contributed by atoms with Crippen molar-refractivity contribution in [2.75, 3.05) is 14.2 Å². The number of nitrogens with zero attached hydrogens (tertiary/aromatic N) is 1. The highest BCUT2D eigenvalue weighted by Gasteiger charge is 2.56. The summed E-state index contributed by atoms with van der Waals surface area (Å²) in [5.74, 6) is 0. The molecule has 1 saturated heterocycles. The van der Waals surface area contributed by atoms with E-state index in [9.17, 15) is 9.59 Å². The fourth-order valence-corrected chi connectivity index (χ4v) is 4.33. The van der Waals surface area contributed by atoms with Crippen LogP contribution in [0, 0.1) is 0 Å². The first kappa shape index (κ1) is 20.9. The van der Waals surface area contributed by atoms with Gasteiger partial charge in [-0.15, -0.1) is 0 Å². The third kappa shape index (κ3) is 3.65. The molecule has 7 heteroatoms. The lowest BCUT2D eigenvalue weighted by molar-refractivity contribution is -0.106. The predicted molar refractivity (Wildman–Crippen MR) is 112 cm³/mol. The number of hydrogen-bond acceptors (Lipinski definition) is 6. The van der Waals surface area contributed by atoms with Crippen molar-refractivity contribution in [3.8, 4) is 0 Å². The molecule has 1 amide bonds. The molecule has 5 atom stereocenters. The van der Waals surface area contributed by atoms with Crippen molar-refractivity contribution >= 4 is 12.2 Å². The van der Waals surface area contributed by atoms with Crippen molar-refractivity contribution in [3.63, 3.8) is 0 Å². The molecule has 2 aromatic rings. The number of carbonyl (C=O) groups excluding carboxylic acids is 2. The molecule has 1 heterocycles. The molecular formula is C24H25NO6. The van der Waals surface area contributed by atoms with E-state index in [2.05, 4.69) is 4.74 Å². The largest absolute Gasteiger partial charge is 0.508 e. The lowest BCUT2D eigenvalue weighted by atomic mass is 9.90. The van der Waals surface area contributed by atoms with E-state index >= 15 is 0 Å². The third-order valence-electron chi connectivity index (χ3n) is 6.04. The van der Waals surface area contributed by atoms with E-state index in [0.29, 0.717) is 0 Å². The van der Waals surface area contributed by atoms with Crippen LogP contribution in [0.25, 0.3) is 0 Å². The van der Waals surface area contributed by atoms with E-state index in [1.807, 2.05) is 66.7 Å². The molecule has 7 nitrogen and oxygen atoms in total. The number of hydrogen-bond donors (Lipinski definition) is 0. The van der Waals surface area contributed by atoms with Crippen LogP contribution in [0.1, 0.15) is 30.2 Å². The molecule has 4 rings (SSSR count). The topological polar surface area (TPSA) is 74.3 Å². The number of cyclic esters (lactones) is 1. The van der Waals surface area contributed by atoms with Crippen LogP contribution in [0.5, 0.6) is 0 Å². The summed E-state index contributed by atoms with van der Waals surface area (Å²) in [7, 11) is 2.78. The van der Waals surface area contributed by atoms with Gasteiger partial charge in [0.1, 0.15) is 11.6 Å². The third-order valence-corrected chi connectivity index (χ3v) is 6.04. The van der Waals surface area contributed by atoms with Gasteiger partial charge in [0.2, 0.25) is 0 Å². The zero-order chi connectivity index (χ0) is 22.0. The van der Waals surface area contributed by atoms with Gasteiger partial charge in [-0.05, 0) is 24.1 Å². The molecule has 31 heavy (non-hydrogen) atoms. The van der Waals surface area contributed by atoms with Crippen LogP contribution in [0.2, 0.25) is 0 Å².